The van der Waals surface area contributed by atoms with Gasteiger partial charge in [-0.3, -0.25) is 4.90 Å². The van der Waals surface area contributed by atoms with Gasteiger partial charge < -0.3 is 5.11 Å². The first-order valence-electron chi connectivity index (χ1n) is 8.02. The van der Waals surface area contributed by atoms with Crippen molar-refractivity contribution < 1.29 is 5.11 Å². The summed E-state index contributed by atoms with van der Waals surface area (Å²) in [4.78, 5) is 2.30. The van der Waals surface area contributed by atoms with Crippen LogP contribution in [0.2, 0.25) is 0 Å². The Kier molecular flexibility index (Phi) is 3.59. The fourth-order valence-corrected chi connectivity index (χ4v) is 3.38. The molecule has 23 heavy (non-hydrogen) atoms. The number of nitrogens with one attached hydrogen (secondary N) is 1. The van der Waals surface area contributed by atoms with Crippen molar-refractivity contribution in [3.63, 3.8) is 0 Å². The van der Waals surface area contributed by atoms with Crippen LogP contribution < -0.4 is 0 Å². The second kappa shape index (κ2) is 5.76. The van der Waals surface area contributed by atoms with Crippen LogP contribution in [0.3, 0.4) is 0 Å². The summed E-state index contributed by atoms with van der Waals surface area (Å²) in [5.74, 6) is 0. The lowest BCUT2D eigenvalue weighted by molar-refractivity contribution is 0.0418. The van der Waals surface area contributed by atoms with Gasteiger partial charge in [0.15, 0.2) is 0 Å². The first-order chi connectivity index (χ1) is 11.2. The van der Waals surface area contributed by atoms with Gasteiger partial charge in [0.05, 0.1) is 6.20 Å². The van der Waals surface area contributed by atoms with Crippen LogP contribution in [-0.4, -0.2) is 45.1 Å². The lowest BCUT2D eigenvalue weighted by Crippen LogP contribution is -2.32. The zero-order chi connectivity index (χ0) is 15.7. The number of H-pyrrole nitrogens is 1. The van der Waals surface area contributed by atoms with Gasteiger partial charge in [-0.15, -0.1) is 0 Å². The molecule has 1 fully saturated rings. The average Bonchev–Trinajstić information content (AvgIpc) is 3.23. The van der Waals surface area contributed by atoms with Crippen LogP contribution in [0.1, 0.15) is 17.7 Å². The van der Waals surface area contributed by atoms with Crippen LogP contribution in [0, 0.1) is 0 Å². The number of aliphatic hydroxyl groups is 1. The predicted octanol–water partition coefficient (Wildman–Crippen LogP) is 2.09. The Morgan fingerprint density at radius 2 is 2.04 bits per heavy atom. The fraction of sp³-hybridized carbons (Fsp3) is 0.333. The summed E-state index contributed by atoms with van der Waals surface area (Å²) in [5, 5.41) is 23.7. The summed E-state index contributed by atoms with van der Waals surface area (Å²) in [6, 6.07) is 15.1. The lowest BCUT2D eigenvalue weighted by Gasteiger charge is -2.21. The van der Waals surface area contributed by atoms with E-state index in [4.69, 9.17) is 0 Å². The van der Waals surface area contributed by atoms with Crippen LogP contribution in [0.25, 0.3) is 10.8 Å². The van der Waals surface area contributed by atoms with Crippen LogP contribution >= 0.6 is 0 Å². The van der Waals surface area contributed by atoms with Gasteiger partial charge in [0.1, 0.15) is 11.3 Å². The maximum atomic E-state index is 10.7. The van der Waals surface area contributed by atoms with Crippen molar-refractivity contribution >= 4 is 10.8 Å². The molecule has 1 aromatic heterocycles. The Bertz CT molecular complexity index is 802. The molecule has 2 N–H and O–H groups in total. The number of hydrogen-bond acceptors (Lipinski definition) is 4. The maximum absolute atomic E-state index is 10.7. The number of aromatic nitrogens is 3. The van der Waals surface area contributed by atoms with E-state index in [0.29, 0.717) is 18.7 Å². The molecule has 1 atom stereocenters. The molecular weight excluding hydrogens is 288 g/mol. The number of β-amino-alcohol motifs (C(OH)–C–C–N with tert-alkyl or cyclic N) is 1. The van der Waals surface area contributed by atoms with Crippen molar-refractivity contribution in [2.75, 3.05) is 19.6 Å². The topological polar surface area (TPSA) is 65.0 Å². The lowest BCUT2D eigenvalue weighted by atomic mass is 10.00. The highest BCUT2D eigenvalue weighted by atomic mass is 16.3. The van der Waals surface area contributed by atoms with Gasteiger partial charge in [-0.2, -0.15) is 15.4 Å². The van der Waals surface area contributed by atoms with Crippen molar-refractivity contribution in [2.24, 2.45) is 0 Å². The molecule has 2 aromatic carbocycles. The number of hydrogen-bond donors (Lipinski definition) is 2. The molecule has 0 radical (unpaired) electrons. The van der Waals surface area contributed by atoms with E-state index in [9.17, 15) is 5.11 Å². The third-order valence-electron chi connectivity index (χ3n) is 4.75. The number of nitrogens with zero attached hydrogens (tertiary/aromatic N) is 3. The van der Waals surface area contributed by atoms with Crippen LogP contribution in [0.15, 0.2) is 48.7 Å². The van der Waals surface area contributed by atoms with Crippen molar-refractivity contribution in [3.8, 4) is 0 Å². The van der Waals surface area contributed by atoms with Gasteiger partial charge in [-0.05, 0) is 29.2 Å². The zero-order valence-electron chi connectivity index (χ0n) is 12.9. The Morgan fingerprint density at radius 1 is 1.17 bits per heavy atom. The molecule has 4 rings (SSSR count). The summed E-state index contributed by atoms with van der Waals surface area (Å²) in [6.45, 7) is 2.45. The Hall–Kier alpha value is -2.24. The first kappa shape index (κ1) is 14.4. The van der Waals surface area contributed by atoms with Crippen molar-refractivity contribution in [2.45, 2.75) is 18.4 Å². The minimum absolute atomic E-state index is 0.618. The molecule has 0 bridgehead atoms. The smallest absolute Gasteiger partial charge is 0.124 e. The SMILES string of the molecule is OC1(c2cn[nH]n2)CCN(CCc2ccc3ccccc3c2)C1. The van der Waals surface area contributed by atoms with Gasteiger partial charge in [-0.25, -0.2) is 0 Å². The van der Waals surface area contributed by atoms with Gasteiger partial charge >= 0.3 is 0 Å². The van der Waals surface area contributed by atoms with E-state index >= 15 is 0 Å². The molecule has 3 aromatic rings. The summed E-state index contributed by atoms with van der Waals surface area (Å²) in [6.07, 6.45) is 3.31. The maximum Gasteiger partial charge on any atom is 0.124 e. The Balaban J connectivity index is 1.41. The van der Waals surface area contributed by atoms with E-state index in [-0.39, 0.29) is 0 Å². The fourth-order valence-electron chi connectivity index (χ4n) is 3.38. The molecule has 2 heterocycles. The summed E-state index contributed by atoms with van der Waals surface area (Å²) in [7, 11) is 0. The largest absolute Gasteiger partial charge is 0.382 e. The Labute approximate surface area is 134 Å². The number of benzene rings is 2. The molecule has 1 aliphatic heterocycles. The van der Waals surface area contributed by atoms with E-state index < -0.39 is 5.60 Å². The molecule has 0 spiro atoms. The summed E-state index contributed by atoms with van der Waals surface area (Å²) < 4.78 is 0. The third-order valence-corrected chi connectivity index (χ3v) is 4.75. The molecule has 1 aliphatic rings. The van der Waals surface area contributed by atoms with E-state index in [1.807, 2.05) is 0 Å². The average molecular weight is 308 g/mol. The van der Waals surface area contributed by atoms with E-state index in [1.165, 1.54) is 16.3 Å². The molecule has 1 saturated heterocycles. The molecule has 5 heteroatoms. The number of likely N-dealkylation sites (tertiary alicyclic amines) is 1. The molecule has 5 nitrogen and oxygen atoms in total. The van der Waals surface area contributed by atoms with E-state index in [0.717, 1.165) is 19.5 Å². The standard InChI is InChI=1S/C18H20N4O/c23-18(17-12-19-21-20-17)8-10-22(13-18)9-7-14-5-6-15-3-1-2-4-16(15)11-14/h1-6,11-12,23H,7-10,13H2,(H,19,20,21). The zero-order valence-corrected chi connectivity index (χ0v) is 12.9. The van der Waals surface area contributed by atoms with Crippen LogP contribution in [0.5, 0.6) is 0 Å². The third kappa shape index (κ3) is 2.85. The number of aromatic amines is 1. The minimum atomic E-state index is -0.865. The van der Waals surface area contributed by atoms with Crippen LogP contribution in [0.4, 0.5) is 0 Å². The van der Waals surface area contributed by atoms with Crippen molar-refractivity contribution in [1.82, 2.24) is 20.3 Å². The van der Waals surface area contributed by atoms with Gasteiger partial charge in [0, 0.05) is 19.6 Å². The number of rotatable bonds is 4. The van der Waals surface area contributed by atoms with Gasteiger partial charge in [0.25, 0.3) is 0 Å². The number of fused-ring (bicyclic) bond motifs is 1. The van der Waals surface area contributed by atoms with E-state index in [2.05, 4.69) is 62.8 Å². The highest BCUT2D eigenvalue weighted by Gasteiger charge is 2.39. The molecule has 1 unspecified atom stereocenters. The Morgan fingerprint density at radius 3 is 2.87 bits per heavy atom. The van der Waals surface area contributed by atoms with Gasteiger partial charge in [0.2, 0.25) is 0 Å². The summed E-state index contributed by atoms with van der Waals surface area (Å²) in [5.41, 5.74) is 1.11. The van der Waals surface area contributed by atoms with E-state index in [1.54, 1.807) is 6.20 Å². The highest BCUT2D eigenvalue weighted by molar-refractivity contribution is 5.82. The van der Waals surface area contributed by atoms with Crippen molar-refractivity contribution in [1.29, 1.82) is 0 Å². The monoisotopic (exact) mass is 308 g/mol. The molecule has 118 valence electrons. The summed E-state index contributed by atoms with van der Waals surface area (Å²) >= 11 is 0. The molecular formula is C18H20N4O. The highest BCUT2D eigenvalue weighted by Crippen LogP contribution is 2.30. The van der Waals surface area contributed by atoms with Crippen molar-refractivity contribution in [3.05, 3.63) is 59.9 Å². The minimum Gasteiger partial charge on any atom is -0.382 e. The van der Waals surface area contributed by atoms with Gasteiger partial charge in [-0.1, -0.05) is 42.5 Å². The predicted molar refractivity (Wildman–Crippen MR) is 89.0 cm³/mol. The molecule has 0 aliphatic carbocycles. The second-order valence-corrected chi connectivity index (χ2v) is 6.34. The normalized spacial score (nSPS) is 22.0. The first-order valence-corrected chi connectivity index (χ1v) is 8.02. The quantitative estimate of drug-likeness (QED) is 0.774. The van der Waals surface area contributed by atoms with Crippen LogP contribution in [-0.2, 0) is 12.0 Å². The second-order valence-electron chi connectivity index (χ2n) is 6.34. The molecule has 0 saturated carbocycles. The molecule has 0 amide bonds.